The maximum absolute atomic E-state index is 12.9. The first kappa shape index (κ1) is 8.23. The van der Waals surface area contributed by atoms with Crippen LogP contribution in [-0.4, -0.2) is 9.61 Å². The van der Waals surface area contributed by atoms with Crippen molar-refractivity contribution in [1.29, 1.82) is 0 Å². The lowest BCUT2D eigenvalue weighted by Gasteiger charge is -1.96. The van der Waals surface area contributed by atoms with Crippen LogP contribution in [0.3, 0.4) is 0 Å². The van der Waals surface area contributed by atoms with Crippen LogP contribution in [0.2, 0.25) is 0 Å². The van der Waals surface area contributed by atoms with Gasteiger partial charge in [-0.25, -0.2) is 8.91 Å². The second-order valence-electron chi connectivity index (χ2n) is 3.09. The Morgan fingerprint density at radius 3 is 3.15 bits per heavy atom. The van der Waals surface area contributed by atoms with E-state index in [1.165, 1.54) is 12.1 Å². The van der Waals surface area contributed by atoms with Gasteiger partial charge in [-0.05, 0) is 24.1 Å². The minimum Gasteiger partial charge on any atom is -0.240 e. The summed E-state index contributed by atoms with van der Waals surface area (Å²) in [5, 5.41) is 4.13. The molecule has 0 bridgehead atoms. The topological polar surface area (TPSA) is 17.3 Å². The first-order chi connectivity index (χ1) is 6.31. The summed E-state index contributed by atoms with van der Waals surface area (Å²) in [7, 11) is 0. The number of hydrogen-bond acceptors (Lipinski definition) is 1. The molecule has 2 aromatic rings. The number of pyridine rings is 1. The van der Waals surface area contributed by atoms with E-state index in [-0.39, 0.29) is 5.82 Å². The van der Waals surface area contributed by atoms with E-state index in [4.69, 9.17) is 0 Å². The molecular weight excluding hydrogens is 167 g/mol. The first-order valence-electron chi connectivity index (χ1n) is 4.43. The lowest BCUT2D eigenvalue weighted by atomic mass is 10.2. The molecule has 0 aliphatic carbocycles. The highest BCUT2D eigenvalue weighted by molar-refractivity contribution is 5.53. The van der Waals surface area contributed by atoms with Gasteiger partial charge in [0.2, 0.25) is 0 Å². The van der Waals surface area contributed by atoms with Gasteiger partial charge in [0.25, 0.3) is 0 Å². The van der Waals surface area contributed by atoms with Crippen LogP contribution < -0.4 is 0 Å². The van der Waals surface area contributed by atoms with Gasteiger partial charge in [0.15, 0.2) is 0 Å². The zero-order chi connectivity index (χ0) is 9.26. The van der Waals surface area contributed by atoms with E-state index in [2.05, 4.69) is 12.0 Å². The highest BCUT2D eigenvalue weighted by atomic mass is 19.1. The normalized spacial score (nSPS) is 10.9. The van der Waals surface area contributed by atoms with Crippen molar-refractivity contribution in [3.63, 3.8) is 0 Å². The average molecular weight is 178 g/mol. The molecule has 0 radical (unpaired) electrons. The van der Waals surface area contributed by atoms with E-state index >= 15 is 0 Å². The molecule has 0 amide bonds. The Labute approximate surface area is 76.0 Å². The van der Waals surface area contributed by atoms with Crippen LogP contribution in [0.5, 0.6) is 0 Å². The molecule has 3 heteroatoms. The Morgan fingerprint density at radius 2 is 2.38 bits per heavy atom. The number of rotatable bonds is 2. The minimum atomic E-state index is -0.203. The molecule has 2 nitrogen and oxygen atoms in total. The first-order valence-corrected chi connectivity index (χ1v) is 4.43. The summed E-state index contributed by atoms with van der Waals surface area (Å²) in [5.41, 5.74) is 1.99. The molecule has 0 atom stereocenters. The van der Waals surface area contributed by atoms with Crippen molar-refractivity contribution in [2.24, 2.45) is 0 Å². The van der Waals surface area contributed by atoms with Crippen LogP contribution in [0.4, 0.5) is 4.39 Å². The van der Waals surface area contributed by atoms with Gasteiger partial charge < -0.3 is 0 Å². The smallest absolute Gasteiger partial charge is 0.126 e. The van der Waals surface area contributed by atoms with E-state index in [9.17, 15) is 4.39 Å². The van der Waals surface area contributed by atoms with Crippen molar-refractivity contribution in [2.75, 3.05) is 0 Å². The minimum absolute atomic E-state index is 0.203. The van der Waals surface area contributed by atoms with Gasteiger partial charge in [0, 0.05) is 6.20 Å². The summed E-state index contributed by atoms with van der Waals surface area (Å²) in [5.74, 6) is -0.203. The third-order valence-electron chi connectivity index (χ3n) is 2.08. The Kier molecular flexibility index (Phi) is 2.00. The molecule has 2 rings (SSSR count). The van der Waals surface area contributed by atoms with Crippen LogP contribution in [0.15, 0.2) is 24.5 Å². The van der Waals surface area contributed by atoms with Gasteiger partial charge in [-0.15, -0.1) is 0 Å². The summed E-state index contributed by atoms with van der Waals surface area (Å²) >= 11 is 0. The number of halogens is 1. The Hall–Kier alpha value is -1.38. The molecular formula is C10H11FN2. The van der Waals surface area contributed by atoms with Crippen LogP contribution in [0, 0.1) is 5.82 Å². The molecule has 0 N–H and O–H groups in total. The molecule has 0 aromatic carbocycles. The molecule has 0 unspecified atom stereocenters. The number of fused-ring (bicyclic) bond motifs is 1. The standard InChI is InChI=1S/C10H11FN2/c1-2-3-8-7-12-13-5-4-9(11)6-10(8)13/h4-7H,2-3H2,1H3. The van der Waals surface area contributed by atoms with E-state index in [1.54, 1.807) is 16.9 Å². The van der Waals surface area contributed by atoms with Gasteiger partial charge in [0.1, 0.15) is 5.82 Å². The predicted octanol–water partition coefficient (Wildman–Crippen LogP) is 2.43. The van der Waals surface area contributed by atoms with Crippen molar-refractivity contribution in [3.05, 3.63) is 35.9 Å². The molecule has 0 fully saturated rings. The highest BCUT2D eigenvalue weighted by Gasteiger charge is 2.03. The van der Waals surface area contributed by atoms with Crippen LogP contribution in [0.25, 0.3) is 5.52 Å². The van der Waals surface area contributed by atoms with Gasteiger partial charge in [0.05, 0.1) is 11.7 Å². The second-order valence-corrected chi connectivity index (χ2v) is 3.09. The summed E-state index contributed by atoms with van der Waals surface area (Å²) in [6.45, 7) is 2.10. The fourth-order valence-electron chi connectivity index (χ4n) is 1.47. The highest BCUT2D eigenvalue weighted by Crippen LogP contribution is 2.13. The zero-order valence-electron chi connectivity index (χ0n) is 7.50. The lowest BCUT2D eigenvalue weighted by Crippen LogP contribution is -1.88. The molecule has 0 saturated heterocycles. The summed E-state index contributed by atoms with van der Waals surface area (Å²) in [6, 6.07) is 2.94. The molecule has 0 spiro atoms. The molecule has 2 heterocycles. The number of hydrogen-bond donors (Lipinski definition) is 0. The van der Waals surface area contributed by atoms with Crippen molar-refractivity contribution >= 4 is 5.52 Å². The van der Waals surface area contributed by atoms with Gasteiger partial charge >= 0.3 is 0 Å². The van der Waals surface area contributed by atoms with Crippen molar-refractivity contribution < 1.29 is 4.39 Å². The Balaban J connectivity index is 2.58. The zero-order valence-corrected chi connectivity index (χ0v) is 7.50. The third kappa shape index (κ3) is 1.41. The van der Waals surface area contributed by atoms with E-state index in [0.29, 0.717) is 0 Å². The van der Waals surface area contributed by atoms with E-state index in [0.717, 1.165) is 23.9 Å². The largest absolute Gasteiger partial charge is 0.240 e. The molecule has 0 saturated carbocycles. The fourth-order valence-corrected chi connectivity index (χ4v) is 1.47. The molecule has 0 aliphatic heterocycles. The maximum Gasteiger partial charge on any atom is 0.126 e. The SMILES string of the molecule is CCCc1cnn2ccc(F)cc12. The van der Waals surface area contributed by atoms with Gasteiger partial charge in [-0.3, -0.25) is 0 Å². The van der Waals surface area contributed by atoms with Crippen molar-refractivity contribution in [2.45, 2.75) is 19.8 Å². The Bertz CT molecular complexity index is 420. The van der Waals surface area contributed by atoms with E-state index < -0.39 is 0 Å². The summed E-state index contributed by atoms with van der Waals surface area (Å²) < 4.78 is 14.6. The predicted molar refractivity (Wildman–Crippen MR) is 49.1 cm³/mol. The summed E-state index contributed by atoms with van der Waals surface area (Å²) in [4.78, 5) is 0. The maximum atomic E-state index is 12.9. The van der Waals surface area contributed by atoms with Gasteiger partial charge in [-0.1, -0.05) is 13.3 Å². The quantitative estimate of drug-likeness (QED) is 0.690. The molecule has 13 heavy (non-hydrogen) atoms. The molecule has 68 valence electrons. The fraction of sp³-hybridized carbons (Fsp3) is 0.300. The van der Waals surface area contributed by atoms with Crippen LogP contribution in [-0.2, 0) is 6.42 Å². The number of aryl methyl sites for hydroxylation is 1. The number of aromatic nitrogens is 2. The van der Waals surface area contributed by atoms with Crippen molar-refractivity contribution in [3.8, 4) is 0 Å². The second kappa shape index (κ2) is 3.17. The third-order valence-corrected chi connectivity index (χ3v) is 2.08. The van der Waals surface area contributed by atoms with Crippen LogP contribution >= 0.6 is 0 Å². The molecule has 2 aromatic heterocycles. The van der Waals surface area contributed by atoms with Crippen LogP contribution in [0.1, 0.15) is 18.9 Å². The monoisotopic (exact) mass is 178 g/mol. The molecule has 0 aliphatic rings. The van der Waals surface area contributed by atoms with E-state index in [1.807, 2.05) is 0 Å². The summed E-state index contributed by atoms with van der Waals surface area (Å²) in [6.07, 6.45) is 5.45. The lowest BCUT2D eigenvalue weighted by molar-refractivity contribution is 0.625. The van der Waals surface area contributed by atoms with Gasteiger partial charge in [-0.2, -0.15) is 5.10 Å². The Morgan fingerprint density at radius 1 is 1.54 bits per heavy atom. The average Bonchev–Trinajstić information content (AvgIpc) is 2.49. The number of nitrogens with zero attached hydrogens (tertiary/aromatic N) is 2. The van der Waals surface area contributed by atoms with Crippen molar-refractivity contribution in [1.82, 2.24) is 9.61 Å².